The summed E-state index contributed by atoms with van der Waals surface area (Å²) in [7, 11) is 0. The molecule has 0 saturated heterocycles. The van der Waals surface area contributed by atoms with Gasteiger partial charge in [-0.05, 0) is 49.4 Å². The Balaban J connectivity index is 1.69. The molecule has 1 heterocycles. The van der Waals surface area contributed by atoms with E-state index in [2.05, 4.69) is 0 Å². The zero-order valence-corrected chi connectivity index (χ0v) is 12.7. The monoisotopic (exact) mass is 309 g/mol. The van der Waals surface area contributed by atoms with Gasteiger partial charge in [0.1, 0.15) is 5.75 Å². The third-order valence-electron chi connectivity index (χ3n) is 4.33. The molecule has 0 spiro atoms. The van der Waals surface area contributed by atoms with E-state index in [1.807, 2.05) is 17.0 Å². The van der Waals surface area contributed by atoms with Gasteiger partial charge >= 0.3 is 0 Å². The predicted octanol–water partition coefficient (Wildman–Crippen LogP) is 2.41. The highest BCUT2D eigenvalue weighted by atomic mass is 35.5. The number of hydrogen-bond acceptors (Lipinski definition) is 3. The highest BCUT2D eigenvalue weighted by molar-refractivity contribution is 6.30. The van der Waals surface area contributed by atoms with Crippen LogP contribution >= 0.6 is 11.6 Å². The fraction of sp³-hybridized carbons (Fsp3) is 0.562. The number of ether oxygens (including phenoxy) is 1. The van der Waals surface area contributed by atoms with E-state index in [4.69, 9.17) is 21.4 Å². The Labute approximate surface area is 129 Å². The molecule has 1 atom stereocenters. The molecule has 114 valence electrons. The molecule has 21 heavy (non-hydrogen) atoms. The Bertz CT molecular complexity index is 530. The van der Waals surface area contributed by atoms with Gasteiger partial charge in [-0.3, -0.25) is 4.79 Å². The lowest BCUT2D eigenvalue weighted by molar-refractivity contribution is -0.142. The third kappa shape index (κ3) is 3.01. The topological polar surface area (TPSA) is 49.8 Å². The lowest BCUT2D eigenvalue weighted by Gasteiger charge is -2.38. The van der Waals surface area contributed by atoms with Crippen LogP contribution in [0.25, 0.3) is 0 Å². The summed E-state index contributed by atoms with van der Waals surface area (Å²) in [6.45, 7) is 0.717. The molecular weight excluding hydrogens is 290 g/mol. The Morgan fingerprint density at radius 3 is 2.90 bits per heavy atom. The van der Waals surface area contributed by atoms with Gasteiger partial charge in [-0.25, -0.2) is 0 Å². The van der Waals surface area contributed by atoms with Crippen LogP contribution in [0.15, 0.2) is 18.2 Å². The van der Waals surface area contributed by atoms with Gasteiger partial charge in [0, 0.05) is 30.6 Å². The molecule has 4 nitrogen and oxygen atoms in total. The molecule has 1 fully saturated rings. The maximum Gasteiger partial charge on any atom is 0.264 e. The van der Waals surface area contributed by atoms with Crippen molar-refractivity contribution in [1.29, 1.82) is 0 Å². The van der Waals surface area contributed by atoms with Crippen molar-refractivity contribution < 1.29 is 14.6 Å². The van der Waals surface area contributed by atoms with Gasteiger partial charge in [-0.1, -0.05) is 11.6 Å². The van der Waals surface area contributed by atoms with Gasteiger partial charge in [0.2, 0.25) is 0 Å². The molecular formula is C16H20ClNO3. The van der Waals surface area contributed by atoms with Crippen LogP contribution < -0.4 is 4.74 Å². The molecule has 0 radical (unpaired) electrons. The third-order valence-corrected chi connectivity index (χ3v) is 4.56. The van der Waals surface area contributed by atoms with Gasteiger partial charge in [0.25, 0.3) is 5.91 Å². The minimum Gasteiger partial charge on any atom is -0.480 e. The average Bonchev–Trinajstić information content (AvgIpc) is 2.83. The van der Waals surface area contributed by atoms with E-state index in [0.717, 1.165) is 24.2 Å². The Hall–Kier alpha value is -1.26. The molecule has 1 N–H and O–H groups in total. The van der Waals surface area contributed by atoms with E-state index >= 15 is 0 Å². The first-order valence-electron chi connectivity index (χ1n) is 7.55. The number of aliphatic hydroxyl groups is 1. The molecule has 2 aliphatic rings. The zero-order valence-electron chi connectivity index (χ0n) is 11.9. The van der Waals surface area contributed by atoms with Crippen LogP contribution in [-0.2, 0) is 11.2 Å². The molecule has 1 aromatic carbocycles. The fourth-order valence-corrected chi connectivity index (χ4v) is 3.15. The summed E-state index contributed by atoms with van der Waals surface area (Å²) in [6, 6.07) is 5.79. The standard InChI is InChI=1S/C16H20ClNO3/c17-12-5-6-14-11(9-12)10-15(21-14)16(20)18(7-2-8-19)13-3-1-4-13/h5-6,9,13,15,19H,1-4,7-8,10H2. The van der Waals surface area contributed by atoms with Crippen LogP contribution in [0.1, 0.15) is 31.2 Å². The first kappa shape index (κ1) is 14.7. The van der Waals surface area contributed by atoms with Crippen molar-refractivity contribution >= 4 is 17.5 Å². The lowest BCUT2D eigenvalue weighted by atomic mass is 9.90. The Morgan fingerprint density at radius 1 is 1.43 bits per heavy atom. The SMILES string of the molecule is O=C(C1Cc2cc(Cl)ccc2O1)N(CCCO)C1CCC1. The number of carbonyl (C=O) groups is 1. The second-order valence-corrected chi connectivity index (χ2v) is 6.19. The van der Waals surface area contributed by atoms with Gasteiger partial charge in [-0.2, -0.15) is 0 Å². The summed E-state index contributed by atoms with van der Waals surface area (Å²) in [5.74, 6) is 0.800. The van der Waals surface area contributed by atoms with Crippen molar-refractivity contribution in [3.05, 3.63) is 28.8 Å². The number of benzene rings is 1. The highest BCUT2D eigenvalue weighted by Crippen LogP contribution is 2.33. The summed E-state index contributed by atoms with van der Waals surface area (Å²) in [4.78, 5) is 14.6. The van der Waals surface area contributed by atoms with Crippen LogP contribution in [0.5, 0.6) is 5.75 Å². The highest BCUT2D eigenvalue weighted by Gasteiger charge is 2.36. The van der Waals surface area contributed by atoms with Crippen molar-refractivity contribution in [2.45, 2.75) is 44.2 Å². The van der Waals surface area contributed by atoms with Gasteiger partial charge in [-0.15, -0.1) is 0 Å². The van der Waals surface area contributed by atoms with Crippen molar-refractivity contribution in [2.24, 2.45) is 0 Å². The largest absolute Gasteiger partial charge is 0.480 e. The smallest absolute Gasteiger partial charge is 0.264 e. The molecule has 1 saturated carbocycles. The van der Waals surface area contributed by atoms with Gasteiger partial charge in [0.05, 0.1) is 0 Å². The summed E-state index contributed by atoms with van der Waals surface area (Å²) < 4.78 is 5.79. The molecule has 1 aromatic rings. The second-order valence-electron chi connectivity index (χ2n) is 5.76. The number of hydrogen-bond donors (Lipinski definition) is 1. The van der Waals surface area contributed by atoms with Crippen LogP contribution in [0.2, 0.25) is 5.02 Å². The van der Waals surface area contributed by atoms with Crippen molar-refractivity contribution in [1.82, 2.24) is 4.90 Å². The number of carbonyl (C=O) groups excluding carboxylic acids is 1. The van der Waals surface area contributed by atoms with E-state index in [1.54, 1.807) is 6.07 Å². The Morgan fingerprint density at radius 2 is 2.24 bits per heavy atom. The summed E-state index contributed by atoms with van der Waals surface area (Å²) in [6.07, 6.45) is 4.04. The van der Waals surface area contributed by atoms with E-state index in [9.17, 15) is 4.79 Å². The number of aliphatic hydroxyl groups excluding tert-OH is 1. The lowest BCUT2D eigenvalue weighted by Crippen LogP contribution is -2.50. The first-order chi connectivity index (χ1) is 10.2. The summed E-state index contributed by atoms with van der Waals surface area (Å²) in [5, 5.41) is 9.69. The van der Waals surface area contributed by atoms with Crippen molar-refractivity contribution in [3.63, 3.8) is 0 Å². The molecule has 1 aliphatic heterocycles. The van der Waals surface area contributed by atoms with Crippen molar-refractivity contribution in [2.75, 3.05) is 13.2 Å². The van der Waals surface area contributed by atoms with Crippen LogP contribution in [0.3, 0.4) is 0 Å². The normalized spacial score (nSPS) is 20.6. The summed E-state index contributed by atoms with van der Waals surface area (Å²) in [5.41, 5.74) is 0.997. The van der Waals surface area contributed by atoms with E-state index in [-0.39, 0.29) is 12.5 Å². The molecule has 1 unspecified atom stereocenters. The van der Waals surface area contributed by atoms with E-state index in [1.165, 1.54) is 6.42 Å². The maximum atomic E-state index is 12.7. The summed E-state index contributed by atoms with van der Waals surface area (Å²) >= 11 is 5.99. The second kappa shape index (κ2) is 6.24. The molecule has 3 rings (SSSR count). The van der Waals surface area contributed by atoms with Gasteiger partial charge in [0.15, 0.2) is 6.10 Å². The number of nitrogens with zero attached hydrogens (tertiary/aromatic N) is 1. The molecule has 0 aromatic heterocycles. The number of fused-ring (bicyclic) bond motifs is 1. The van der Waals surface area contributed by atoms with Gasteiger partial charge < -0.3 is 14.7 Å². The number of amides is 1. The fourth-order valence-electron chi connectivity index (χ4n) is 2.95. The predicted molar refractivity (Wildman–Crippen MR) is 80.6 cm³/mol. The van der Waals surface area contributed by atoms with E-state index < -0.39 is 6.10 Å². The van der Waals surface area contributed by atoms with E-state index in [0.29, 0.717) is 30.5 Å². The van der Waals surface area contributed by atoms with Crippen LogP contribution in [-0.4, -0.2) is 41.2 Å². The Kier molecular flexibility index (Phi) is 4.36. The van der Waals surface area contributed by atoms with Crippen LogP contribution in [0.4, 0.5) is 0 Å². The minimum absolute atomic E-state index is 0.0421. The number of halogens is 1. The van der Waals surface area contributed by atoms with Crippen molar-refractivity contribution in [3.8, 4) is 5.75 Å². The first-order valence-corrected chi connectivity index (χ1v) is 7.93. The minimum atomic E-state index is -0.447. The maximum absolute atomic E-state index is 12.7. The zero-order chi connectivity index (χ0) is 14.8. The number of rotatable bonds is 5. The quantitative estimate of drug-likeness (QED) is 0.908. The average molecular weight is 310 g/mol. The molecule has 5 heteroatoms. The molecule has 0 bridgehead atoms. The van der Waals surface area contributed by atoms with Crippen LogP contribution in [0, 0.1) is 0 Å². The molecule has 1 aliphatic carbocycles. The molecule has 1 amide bonds.